The van der Waals surface area contributed by atoms with Gasteiger partial charge in [-0.05, 0) is 20.0 Å². The van der Waals surface area contributed by atoms with Crippen molar-refractivity contribution in [1.82, 2.24) is 15.2 Å². The van der Waals surface area contributed by atoms with Gasteiger partial charge in [-0.15, -0.1) is 36.2 Å². The molecule has 20 heavy (non-hydrogen) atoms. The molecule has 0 aliphatic carbocycles. The van der Waals surface area contributed by atoms with Crippen LogP contribution >= 0.6 is 36.2 Å². The summed E-state index contributed by atoms with van der Waals surface area (Å²) in [6, 6.07) is 0. The minimum atomic E-state index is -0.116. The highest BCUT2D eigenvalue weighted by molar-refractivity contribution is 7.09. The number of hydrogen-bond donors (Lipinski definition) is 2. The summed E-state index contributed by atoms with van der Waals surface area (Å²) in [5.41, 5.74) is 5.93. The number of hydrogen-bond acceptors (Lipinski definition) is 5. The van der Waals surface area contributed by atoms with E-state index in [-0.39, 0.29) is 30.7 Å². The van der Waals surface area contributed by atoms with Gasteiger partial charge in [0, 0.05) is 25.0 Å². The predicted molar refractivity (Wildman–Crippen MR) is 89.2 cm³/mol. The highest BCUT2D eigenvalue weighted by Crippen LogP contribution is 2.08. The smallest absolute Gasteiger partial charge is 0.270 e. The van der Waals surface area contributed by atoms with Crippen LogP contribution in [0.25, 0.3) is 0 Å². The number of nitrogens with zero attached hydrogens (tertiary/aromatic N) is 2. The fourth-order valence-corrected chi connectivity index (χ4v) is 2.15. The number of halogens is 2. The molecule has 0 fully saturated rings. The zero-order chi connectivity index (χ0) is 13.4. The Bertz CT molecular complexity index is 376. The minimum Gasteiger partial charge on any atom is -0.349 e. The van der Waals surface area contributed by atoms with E-state index in [0.29, 0.717) is 18.8 Å². The van der Waals surface area contributed by atoms with E-state index in [0.717, 1.165) is 18.1 Å². The SMILES string of the molecule is CCCCN(C)CCNC(=O)c1csc(CN)n1.Cl.Cl. The van der Waals surface area contributed by atoms with Crippen LogP contribution in [0.4, 0.5) is 0 Å². The Morgan fingerprint density at radius 2 is 2.15 bits per heavy atom. The second kappa shape index (κ2) is 12.3. The molecule has 8 heteroatoms. The van der Waals surface area contributed by atoms with Gasteiger partial charge in [0.05, 0.1) is 0 Å². The number of rotatable bonds is 8. The first-order valence-electron chi connectivity index (χ1n) is 6.28. The van der Waals surface area contributed by atoms with Crippen molar-refractivity contribution in [2.75, 3.05) is 26.7 Å². The molecule has 0 aliphatic rings. The lowest BCUT2D eigenvalue weighted by molar-refractivity contribution is 0.0945. The lowest BCUT2D eigenvalue weighted by Crippen LogP contribution is -2.33. The van der Waals surface area contributed by atoms with Gasteiger partial charge in [0.15, 0.2) is 0 Å². The largest absolute Gasteiger partial charge is 0.349 e. The monoisotopic (exact) mass is 342 g/mol. The van der Waals surface area contributed by atoms with Crippen LogP contribution < -0.4 is 11.1 Å². The number of thiazole rings is 1. The highest BCUT2D eigenvalue weighted by atomic mass is 35.5. The standard InChI is InChI=1S/C12H22N4OS.2ClH/c1-3-4-6-16(2)7-5-14-12(17)10-9-18-11(8-13)15-10;;/h9H,3-8,13H2,1-2H3,(H,14,17);2*1H. The fraction of sp³-hybridized carbons (Fsp3) is 0.667. The van der Waals surface area contributed by atoms with Gasteiger partial charge in [0.1, 0.15) is 10.7 Å². The second-order valence-electron chi connectivity index (χ2n) is 4.24. The first kappa shape index (κ1) is 21.9. The molecule has 1 rings (SSSR count). The highest BCUT2D eigenvalue weighted by Gasteiger charge is 2.09. The Kier molecular flexibility index (Phi) is 13.5. The molecular weight excluding hydrogens is 319 g/mol. The summed E-state index contributed by atoms with van der Waals surface area (Å²) >= 11 is 1.42. The van der Waals surface area contributed by atoms with Crippen molar-refractivity contribution in [3.63, 3.8) is 0 Å². The summed E-state index contributed by atoms with van der Waals surface area (Å²) in [4.78, 5) is 18.1. The second-order valence-corrected chi connectivity index (χ2v) is 5.19. The van der Waals surface area contributed by atoms with E-state index in [1.165, 1.54) is 24.2 Å². The summed E-state index contributed by atoms with van der Waals surface area (Å²) in [7, 11) is 2.07. The molecule has 0 unspecified atom stereocenters. The van der Waals surface area contributed by atoms with Gasteiger partial charge in [-0.3, -0.25) is 4.79 Å². The molecule has 1 aromatic rings. The molecular formula is C12H24Cl2N4OS. The number of nitrogens with one attached hydrogen (secondary N) is 1. The fourth-order valence-electron chi connectivity index (χ4n) is 1.50. The third-order valence-electron chi connectivity index (χ3n) is 2.63. The normalized spacial score (nSPS) is 9.80. The maximum atomic E-state index is 11.7. The molecule has 1 aromatic heterocycles. The first-order chi connectivity index (χ1) is 8.67. The number of likely N-dealkylation sites (N-methyl/N-ethyl adjacent to an activating group) is 1. The van der Waals surface area contributed by atoms with Crippen molar-refractivity contribution in [3.8, 4) is 0 Å². The Hall–Kier alpha value is -0.400. The molecule has 1 amide bonds. The summed E-state index contributed by atoms with van der Waals surface area (Å²) < 4.78 is 0. The molecule has 1 heterocycles. The number of carbonyl (C=O) groups excluding carboxylic acids is 1. The Labute approximate surface area is 137 Å². The van der Waals surface area contributed by atoms with E-state index in [2.05, 4.69) is 29.2 Å². The van der Waals surface area contributed by atoms with E-state index in [1.807, 2.05) is 0 Å². The first-order valence-corrected chi connectivity index (χ1v) is 7.16. The Balaban J connectivity index is 0. The van der Waals surface area contributed by atoms with E-state index in [9.17, 15) is 4.79 Å². The molecule has 3 N–H and O–H groups in total. The average Bonchev–Trinajstić information content (AvgIpc) is 2.85. The zero-order valence-electron chi connectivity index (χ0n) is 11.9. The van der Waals surface area contributed by atoms with Gasteiger partial charge in [-0.2, -0.15) is 0 Å². The van der Waals surface area contributed by atoms with Crippen molar-refractivity contribution in [2.45, 2.75) is 26.3 Å². The summed E-state index contributed by atoms with van der Waals surface area (Å²) in [6.45, 7) is 5.14. The van der Waals surface area contributed by atoms with Gasteiger partial charge in [0.2, 0.25) is 0 Å². The van der Waals surface area contributed by atoms with Crippen molar-refractivity contribution >= 4 is 42.1 Å². The van der Waals surface area contributed by atoms with Crippen LogP contribution in [0.5, 0.6) is 0 Å². The average molecular weight is 343 g/mol. The summed E-state index contributed by atoms with van der Waals surface area (Å²) in [6.07, 6.45) is 2.38. The van der Waals surface area contributed by atoms with Gasteiger partial charge in [-0.1, -0.05) is 13.3 Å². The van der Waals surface area contributed by atoms with Crippen LogP contribution in [0, 0.1) is 0 Å². The molecule has 0 saturated heterocycles. The van der Waals surface area contributed by atoms with Crippen LogP contribution in [0.15, 0.2) is 5.38 Å². The molecule has 0 aliphatic heterocycles. The lowest BCUT2D eigenvalue weighted by atomic mass is 10.3. The topological polar surface area (TPSA) is 71.2 Å². The molecule has 0 saturated carbocycles. The van der Waals surface area contributed by atoms with Gasteiger partial charge in [-0.25, -0.2) is 4.98 Å². The van der Waals surface area contributed by atoms with Gasteiger partial charge in [0.25, 0.3) is 5.91 Å². The van der Waals surface area contributed by atoms with Crippen molar-refractivity contribution in [2.24, 2.45) is 5.73 Å². The van der Waals surface area contributed by atoms with Crippen LogP contribution in [0.3, 0.4) is 0 Å². The third kappa shape index (κ3) is 8.01. The molecule has 5 nitrogen and oxygen atoms in total. The number of amides is 1. The molecule has 0 aromatic carbocycles. The molecule has 0 radical (unpaired) electrons. The van der Waals surface area contributed by atoms with E-state index in [4.69, 9.17) is 5.73 Å². The number of carbonyl (C=O) groups is 1. The predicted octanol–water partition coefficient (Wildman–Crippen LogP) is 1.91. The van der Waals surface area contributed by atoms with E-state index < -0.39 is 0 Å². The van der Waals surface area contributed by atoms with Gasteiger partial charge < -0.3 is 16.0 Å². The summed E-state index contributed by atoms with van der Waals surface area (Å²) in [5, 5.41) is 5.41. The van der Waals surface area contributed by atoms with Gasteiger partial charge >= 0.3 is 0 Å². The quantitative estimate of drug-likeness (QED) is 0.756. The molecule has 0 atom stereocenters. The van der Waals surface area contributed by atoms with Crippen molar-refractivity contribution in [3.05, 3.63) is 16.1 Å². The van der Waals surface area contributed by atoms with Crippen LogP contribution in [-0.2, 0) is 6.54 Å². The number of aromatic nitrogens is 1. The lowest BCUT2D eigenvalue weighted by Gasteiger charge is -2.15. The van der Waals surface area contributed by atoms with Crippen LogP contribution in [-0.4, -0.2) is 42.5 Å². The summed E-state index contributed by atoms with van der Waals surface area (Å²) in [5.74, 6) is -0.116. The Morgan fingerprint density at radius 3 is 2.70 bits per heavy atom. The maximum Gasteiger partial charge on any atom is 0.270 e. The molecule has 0 spiro atoms. The van der Waals surface area contributed by atoms with Crippen molar-refractivity contribution in [1.29, 1.82) is 0 Å². The number of unbranched alkanes of at least 4 members (excludes halogenated alkanes) is 1. The third-order valence-corrected chi connectivity index (χ3v) is 3.50. The zero-order valence-corrected chi connectivity index (χ0v) is 14.4. The van der Waals surface area contributed by atoms with Crippen LogP contribution in [0.2, 0.25) is 0 Å². The minimum absolute atomic E-state index is 0. The van der Waals surface area contributed by atoms with E-state index in [1.54, 1.807) is 5.38 Å². The number of nitrogens with two attached hydrogens (primary N) is 1. The van der Waals surface area contributed by atoms with Crippen LogP contribution in [0.1, 0.15) is 35.3 Å². The van der Waals surface area contributed by atoms with E-state index >= 15 is 0 Å². The molecule has 0 bridgehead atoms. The Morgan fingerprint density at radius 1 is 1.45 bits per heavy atom. The van der Waals surface area contributed by atoms with Crippen molar-refractivity contribution < 1.29 is 4.79 Å². The molecule has 118 valence electrons. The maximum absolute atomic E-state index is 11.7.